The maximum absolute atomic E-state index is 9.04. The summed E-state index contributed by atoms with van der Waals surface area (Å²) >= 11 is 0. The number of hydrogen-bond acceptors (Lipinski definition) is 2. The third kappa shape index (κ3) is 2.47. The van der Waals surface area contributed by atoms with Crippen molar-refractivity contribution in [2.24, 2.45) is 5.41 Å². The van der Waals surface area contributed by atoms with Gasteiger partial charge in [0.15, 0.2) is 0 Å². The van der Waals surface area contributed by atoms with Gasteiger partial charge in [-0.3, -0.25) is 0 Å². The summed E-state index contributed by atoms with van der Waals surface area (Å²) in [5, 5.41) is 9.04. The van der Waals surface area contributed by atoms with E-state index >= 15 is 0 Å². The fourth-order valence-corrected chi connectivity index (χ4v) is 2.79. The summed E-state index contributed by atoms with van der Waals surface area (Å²) in [6.07, 6.45) is 3.85. The maximum Gasteiger partial charge on any atom is 0.0681 e. The zero-order valence-corrected chi connectivity index (χ0v) is 10.9. The Morgan fingerprint density at radius 2 is 1.82 bits per heavy atom. The lowest BCUT2D eigenvalue weighted by Crippen LogP contribution is -2.26. The third-order valence-electron chi connectivity index (χ3n) is 4.42. The molecule has 94 valence electrons. The summed E-state index contributed by atoms with van der Waals surface area (Å²) in [6, 6.07) is 8.31. The van der Waals surface area contributed by atoms with Gasteiger partial charge in [0.2, 0.25) is 0 Å². The van der Waals surface area contributed by atoms with Crippen molar-refractivity contribution in [3.05, 3.63) is 29.8 Å². The predicted octanol–water partition coefficient (Wildman–Crippen LogP) is 3.20. The van der Waals surface area contributed by atoms with Gasteiger partial charge in [-0.05, 0) is 42.4 Å². The highest BCUT2D eigenvalue weighted by Crippen LogP contribution is 2.38. The molecule has 1 aromatic rings. The lowest BCUT2D eigenvalue weighted by atomic mass is 9.82. The molecule has 0 amide bonds. The van der Waals surface area contributed by atoms with Crippen molar-refractivity contribution >= 4 is 5.69 Å². The molecule has 0 spiro atoms. The largest absolute Gasteiger partial charge is 0.392 e. The lowest BCUT2D eigenvalue weighted by Gasteiger charge is -2.27. The van der Waals surface area contributed by atoms with Crippen molar-refractivity contribution in [2.45, 2.75) is 39.7 Å². The molecule has 0 aromatic heterocycles. The van der Waals surface area contributed by atoms with Crippen LogP contribution >= 0.6 is 0 Å². The molecule has 1 aliphatic rings. The first-order valence-corrected chi connectivity index (χ1v) is 6.68. The number of anilines is 1. The minimum atomic E-state index is 0.133. The van der Waals surface area contributed by atoms with Crippen LogP contribution in [0.4, 0.5) is 5.69 Å². The highest BCUT2D eigenvalue weighted by molar-refractivity contribution is 5.48. The Hall–Kier alpha value is -1.02. The van der Waals surface area contributed by atoms with Crippen molar-refractivity contribution in [3.8, 4) is 0 Å². The van der Waals surface area contributed by atoms with Gasteiger partial charge < -0.3 is 10.0 Å². The molecule has 2 nitrogen and oxygen atoms in total. The Morgan fingerprint density at radius 3 is 2.29 bits per heavy atom. The average molecular weight is 233 g/mol. The van der Waals surface area contributed by atoms with E-state index in [1.165, 1.54) is 38.0 Å². The van der Waals surface area contributed by atoms with Crippen molar-refractivity contribution in [1.82, 2.24) is 0 Å². The van der Waals surface area contributed by atoms with Crippen LogP contribution < -0.4 is 4.90 Å². The Labute approximate surface area is 104 Å². The van der Waals surface area contributed by atoms with Crippen LogP contribution in [0.3, 0.4) is 0 Å². The van der Waals surface area contributed by atoms with Crippen LogP contribution in [0.5, 0.6) is 0 Å². The highest BCUT2D eigenvalue weighted by Gasteiger charge is 2.34. The van der Waals surface area contributed by atoms with Crippen LogP contribution in [-0.4, -0.2) is 18.2 Å². The second-order valence-electron chi connectivity index (χ2n) is 5.20. The van der Waals surface area contributed by atoms with Crippen LogP contribution in [-0.2, 0) is 6.61 Å². The van der Waals surface area contributed by atoms with Gasteiger partial charge in [-0.1, -0.05) is 26.0 Å². The molecule has 2 rings (SSSR count). The molecular formula is C15H23NO. The molecule has 1 aromatic carbocycles. The van der Waals surface area contributed by atoms with Gasteiger partial charge >= 0.3 is 0 Å². The van der Waals surface area contributed by atoms with Gasteiger partial charge in [0.05, 0.1) is 6.61 Å². The molecule has 0 unspecified atom stereocenters. The minimum absolute atomic E-state index is 0.133. The number of nitrogens with zero attached hydrogens (tertiary/aromatic N) is 1. The molecule has 17 heavy (non-hydrogen) atoms. The van der Waals surface area contributed by atoms with E-state index in [-0.39, 0.29) is 6.61 Å². The van der Waals surface area contributed by atoms with Crippen LogP contribution in [0.1, 0.15) is 38.7 Å². The molecule has 1 N–H and O–H groups in total. The first-order chi connectivity index (χ1) is 8.23. The molecule has 1 saturated heterocycles. The molecule has 0 aliphatic carbocycles. The van der Waals surface area contributed by atoms with Gasteiger partial charge in [0.1, 0.15) is 0 Å². The van der Waals surface area contributed by atoms with Gasteiger partial charge in [0, 0.05) is 18.8 Å². The zero-order valence-electron chi connectivity index (χ0n) is 10.9. The summed E-state index contributed by atoms with van der Waals surface area (Å²) in [6.45, 7) is 7.09. The fraction of sp³-hybridized carbons (Fsp3) is 0.600. The Kier molecular flexibility index (Phi) is 3.72. The number of benzene rings is 1. The summed E-state index contributed by atoms with van der Waals surface area (Å²) in [4.78, 5) is 2.48. The summed E-state index contributed by atoms with van der Waals surface area (Å²) in [5.74, 6) is 0. The summed E-state index contributed by atoms with van der Waals surface area (Å²) in [7, 11) is 0. The topological polar surface area (TPSA) is 23.5 Å². The molecule has 0 bridgehead atoms. The van der Waals surface area contributed by atoms with E-state index in [1.54, 1.807) is 0 Å². The lowest BCUT2D eigenvalue weighted by molar-refractivity contribution is 0.282. The number of rotatable bonds is 4. The minimum Gasteiger partial charge on any atom is -0.392 e. The summed E-state index contributed by atoms with van der Waals surface area (Å²) in [5.41, 5.74) is 2.81. The van der Waals surface area contributed by atoms with Gasteiger partial charge in [-0.15, -0.1) is 0 Å². The van der Waals surface area contributed by atoms with Crippen molar-refractivity contribution in [2.75, 3.05) is 18.0 Å². The van der Waals surface area contributed by atoms with Gasteiger partial charge in [-0.25, -0.2) is 0 Å². The standard InChI is InChI=1S/C15H23NO/c1-3-15(4-2)9-10-16(12-15)14-7-5-13(11-17)6-8-14/h5-8,17H,3-4,9-12H2,1-2H3. The van der Waals surface area contributed by atoms with Crippen molar-refractivity contribution in [1.29, 1.82) is 0 Å². The van der Waals surface area contributed by atoms with Crippen LogP contribution in [0.15, 0.2) is 24.3 Å². The average Bonchev–Trinajstić information content (AvgIpc) is 2.84. The molecular weight excluding hydrogens is 210 g/mol. The zero-order chi connectivity index (χ0) is 12.3. The molecule has 2 heteroatoms. The second-order valence-corrected chi connectivity index (χ2v) is 5.20. The van der Waals surface area contributed by atoms with E-state index < -0.39 is 0 Å². The first kappa shape index (κ1) is 12.4. The van der Waals surface area contributed by atoms with E-state index in [4.69, 9.17) is 5.11 Å². The Balaban J connectivity index is 2.09. The SMILES string of the molecule is CCC1(CC)CCN(c2ccc(CO)cc2)C1. The van der Waals surface area contributed by atoms with E-state index in [0.717, 1.165) is 5.56 Å². The van der Waals surface area contributed by atoms with E-state index in [9.17, 15) is 0 Å². The molecule has 0 atom stereocenters. The van der Waals surface area contributed by atoms with Crippen LogP contribution in [0, 0.1) is 5.41 Å². The van der Waals surface area contributed by atoms with E-state index in [1.807, 2.05) is 12.1 Å². The first-order valence-electron chi connectivity index (χ1n) is 6.68. The van der Waals surface area contributed by atoms with E-state index in [0.29, 0.717) is 5.41 Å². The highest BCUT2D eigenvalue weighted by atomic mass is 16.3. The normalized spacial score (nSPS) is 18.6. The van der Waals surface area contributed by atoms with Crippen molar-refractivity contribution in [3.63, 3.8) is 0 Å². The van der Waals surface area contributed by atoms with Crippen LogP contribution in [0.25, 0.3) is 0 Å². The molecule has 0 saturated carbocycles. The molecule has 1 fully saturated rings. The van der Waals surface area contributed by atoms with E-state index in [2.05, 4.69) is 30.9 Å². The Morgan fingerprint density at radius 1 is 1.18 bits per heavy atom. The molecule has 1 heterocycles. The van der Waals surface area contributed by atoms with Crippen LogP contribution in [0.2, 0.25) is 0 Å². The Bertz CT molecular complexity index is 354. The maximum atomic E-state index is 9.04. The number of hydrogen-bond donors (Lipinski definition) is 1. The smallest absolute Gasteiger partial charge is 0.0681 e. The second kappa shape index (κ2) is 5.09. The monoisotopic (exact) mass is 233 g/mol. The molecule has 1 aliphatic heterocycles. The van der Waals surface area contributed by atoms with Gasteiger partial charge in [0.25, 0.3) is 0 Å². The van der Waals surface area contributed by atoms with Crippen molar-refractivity contribution < 1.29 is 5.11 Å². The number of aliphatic hydroxyl groups is 1. The summed E-state index contributed by atoms with van der Waals surface area (Å²) < 4.78 is 0. The molecule has 0 radical (unpaired) electrons. The predicted molar refractivity (Wildman–Crippen MR) is 72.2 cm³/mol. The third-order valence-corrected chi connectivity index (χ3v) is 4.42. The fourth-order valence-electron chi connectivity index (χ4n) is 2.79. The van der Waals surface area contributed by atoms with Gasteiger partial charge in [-0.2, -0.15) is 0 Å². The quantitative estimate of drug-likeness (QED) is 0.863. The number of aliphatic hydroxyl groups excluding tert-OH is 1.